The summed E-state index contributed by atoms with van der Waals surface area (Å²) in [7, 11) is 0. The fourth-order valence-corrected chi connectivity index (χ4v) is 2.82. The molecule has 2 heterocycles. The van der Waals surface area contributed by atoms with Gasteiger partial charge in [-0.15, -0.1) is 0 Å². The van der Waals surface area contributed by atoms with Gasteiger partial charge in [0.1, 0.15) is 12.2 Å². The van der Waals surface area contributed by atoms with Crippen LogP contribution in [0.25, 0.3) is 22.3 Å². The topological polar surface area (TPSA) is 39.4 Å². The highest BCUT2D eigenvalue weighted by Crippen LogP contribution is 2.32. The van der Waals surface area contributed by atoms with E-state index in [0.717, 1.165) is 5.56 Å². The van der Waals surface area contributed by atoms with Crippen LogP contribution in [-0.2, 0) is 0 Å². The van der Waals surface area contributed by atoms with Crippen LogP contribution in [0.5, 0.6) is 5.75 Å². The minimum Gasteiger partial charge on any atom is -0.482 e. The molecular formula is C16H11ClO3S. The predicted octanol–water partition coefficient (Wildman–Crippen LogP) is 4.74. The summed E-state index contributed by atoms with van der Waals surface area (Å²) >= 11 is 7.47. The third-order valence-electron chi connectivity index (χ3n) is 2.94. The average molecular weight is 319 g/mol. The van der Waals surface area contributed by atoms with Crippen molar-refractivity contribution in [1.29, 1.82) is 0 Å². The Morgan fingerprint density at radius 3 is 2.95 bits per heavy atom. The lowest BCUT2D eigenvalue weighted by Gasteiger charge is -2.09. The van der Waals surface area contributed by atoms with Crippen LogP contribution in [-0.4, -0.2) is 6.61 Å². The van der Waals surface area contributed by atoms with E-state index in [1.54, 1.807) is 24.3 Å². The zero-order valence-electron chi connectivity index (χ0n) is 11.0. The Morgan fingerprint density at radius 2 is 2.24 bits per heavy atom. The van der Waals surface area contributed by atoms with E-state index in [1.807, 2.05) is 16.8 Å². The van der Waals surface area contributed by atoms with Crippen LogP contribution in [0.1, 0.15) is 0 Å². The zero-order valence-corrected chi connectivity index (χ0v) is 12.5. The van der Waals surface area contributed by atoms with Gasteiger partial charge in [-0.2, -0.15) is 11.3 Å². The summed E-state index contributed by atoms with van der Waals surface area (Å²) in [6.45, 7) is 3.83. The van der Waals surface area contributed by atoms with Crippen LogP contribution in [0.15, 0.2) is 56.9 Å². The molecule has 0 atom stereocenters. The molecule has 1 aromatic carbocycles. The first kappa shape index (κ1) is 13.9. The summed E-state index contributed by atoms with van der Waals surface area (Å²) in [6, 6.07) is 6.84. The van der Waals surface area contributed by atoms with Crippen LogP contribution in [0.2, 0.25) is 5.02 Å². The molecule has 0 N–H and O–H groups in total. The summed E-state index contributed by atoms with van der Waals surface area (Å²) in [4.78, 5) is 12.6. The van der Waals surface area contributed by atoms with Crippen LogP contribution in [0.4, 0.5) is 0 Å². The fourth-order valence-electron chi connectivity index (χ4n) is 2.01. The summed E-state index contributed by atoms with van der Waals surface area (Å²) in [5.41, 5.74) is 1.06. The number of thiophene rings is 1. The van der Waals surface area contributed by atoms with E-state index in [2.05, 4.69) is 6.58 Å². The van der Waals surface area contributed by atoms with Crippen molar-refractivity contribution in [1.82, 2.24) is 0 Å². The average Bonchev–Trinajstić information content (AvgIpc) is 3.01. The van der Waals surface area contributed by atoms with Gasteiger partial charge in [0.05, 0.1) is 5.39 Å². The molecule has 106 valence electrons. The molecule has 3 rings (SSSR count). The van der Waals surface area contributed by atoms with E-state index < -0.39 is 0 Å². The predicted molar refractivity (Wildman–Crippen MR) is 86.5 cm³/mol. The third kappa shape index (κ3) is 2.60. The number of fused-ring (bicyclic) bond motifs is 1. The summed E-state index contributed by atoms with van der Waals surface area (Å²) in [5, 5.41) is 4.70. The number of hydrogen-bond acceptors (Lipinski definition) is 4. The molecule has 3 aromatic rings. The number of hydrogen-bond donors (Lipinski definition) is 0. The van der Waals surface area contributed by atoms with Crippen molar-refractivity contribution in [2.24, 2.45) is 0 Å². The minimum absolute atomic E-state index is 0.183. The minimum atomic E-state index is -0.234. The normalized spacial score (nSPS) is 10.7. The summed E-state index contributed by atoms with van der Waals surface area (Å²) in [5.74, 6) is 0.612. The van der Waals surface area contributed by atoms with Crippen molar-refractivity contribution in [3.63, 3.8) is 0 Å². The van der Waals surface area contributed by atoms with Gasteiger partial charge >= 0.3 is 0 Å². The van der Waals surface area contributed by atoms with Gasteiger partial charge in [0.15, 0.2) is 5.76 Å². The van der Waals surface area contributed by atoms with Gasteiger partial charge in [0.2, 0.25) is 11.2 Å². The maximum absolute atomic E-state index is 12.6. The summed E-state index contributed by atoms with van der Waals surface area (Å²) in [6.07, 6.45) is 1.58. The Kier molecular flexibility index (Phi) is 3.82. The molecule has 3 nitrogen and oxygen atoms in total. The Morgan fingerprint density at radius 1 is 1.38 bits per heavy atom. The highest BCUT2D eigenvalue weighted by molar-refractivity contribution is 7.08. The monoisotopic (exact) mass is 318 g/mol. The first-order valence-corrected chi connectivity index (χ1v) is 7.55. The SMILES string of the molecule is C=CCOc1c(-c2ccsc2)oc2ccc(Cl)cc2c1=O. The maximum Gasteiger partial charge on any atom is 0.235 e. The Bertz CT molecular complexity index is 850. The van der Waals surface area contributed by atoms with Crippen LogP contribution >= 0.6 is 22.9 Å². The molecule has 21 heavy (non-hydrogen) atoms. The van der Waals surface area contributed by atoms with Gasteiger partial charge in [0, 0.05) is 16.0 Å². The van der Waals surface area contributed by atoms with E-state index >= 15 is 0 Å². The standard InChI is InChI=1S/C16H11ClO3S/c1-2-6-19-16-14(18)12-8-11(17)3-4-13(12)20-15(16)10-5-7-21-9-10/h2-5,7-9H,1,6H2. The van der Waals surface area contributed by atoms with Crippen molar-refractivity contribution >= 4 is 33.9 Å². The number of halogens is 1. The molecule has 0 unspecified atom stereocenters. The lowest BCUT2D eigenvalue weighted by atomic mass is 10.1. The molecule has 0 amide bonds. The molecule has 0 bridgehead atoms. The van der Waals surface area contributed by atoms with E-state index in [-0.39, 0.29) is 17.8 Å². The second-order valence-electron chi connectivity index (χ2n) is 4.34. The zero-order chi connectivity index (χ0) is 14.8. The molecular weight excluding hydrogens is 308 g/mol. The first-order valence-electron chi connectivity index (χ1n) is 6.23. The van der Waals surface area contributed by atoms with Gasteiger partial charge in [-0.1, -0.05) is 24.3 Å². The van der Waals surface area contributed by atoms with Gasteiger partial charge < -0.3 is 9.15 Å². The molecule has 0 spiro atoms. The number of ether oxygens (including phenoxy) is 1. The highest BCUT2D eigenvalue weighted by atomic mass is 35.5. The molecule has 0 radical (unpaired) electrons. The van der Waals surface area contributed by atoms with Gasteiger partial charge in [-0.3, -0.25) is 4.79 Å². The van der Waals surface area contributed by atoms with Gasteiger partial charge in [0.25, 0.3) is 0 Å². The van der Waals surface area contributed by atoms with Gasteiger partial charge in [-0.25, -0.2) is 0 Å². The number of benzene rings is 1. The molecule has 5 heteroatoms. The molecule has 0 fully saturated rings. The van der Waals surface area contributed by atoms with Crippen molar-refractivity contribution in [3.05, 3.63) is 62.9 Å². The molecule has 0 aliphatic heterocycles. The second kappa shape index (κ2) is 5.76. The number of rotatable bonds is 4. The van der Waals surface area contributed by atoms with Gasteiger partial charge in [-0.05, 0) is 29.6 Å². The van der Waals surface area contributed by atoms with Crippen molar-refractivity contribution < 1.29 is 9.15 Å². The lowest BCUT2D eigenvalue weighted by molar-refractivity contribution is 0.351. The second-order valence-corrected chi connectivity index (χ2v) is 5.56. The first-order chi connectivity index (χ1) is 10.2. The molecule has 0 saturated carbocycles. The fraction of sp³-hybridized carbons (Fsp3) is 0.0625. The molecule has 0 saturated heterocycles. The van der Waals surface area contributed by atoms with E-state index in [4.69, 9.17) is 20.8 Å². The van der Waals surface area contributed by atoms with Crippen molar-refractivity contribution in [2.45, 2.75) is 0 Å². The molecule has 0 aliphatic rings. The molecule has 0 aliphatic carbocycles. The Balaban J connectivity index is 2.31. The summed E-state index contributed by atoms with van der Waals surface area (Å²) < 4.78 is 11.4. The largest absolute Gasteiger partial charge is 0.482 e. The van der Waals surface area contributed by atoms with Crippen molar-refractivity contribution in [2.75, 3.05) is 6.61 Å². The lowest BCUT2D eigenvalue weighted by Crippen LogP contribution is -2.10. The third-order valence-corrected chi connectivity index (χ3v) is 3.86. The van der Waals surface area contributed by atoms with Crippen molar-refractivity contribution in [3.8, 4) is 17.1 Å². The van der Waals surface area contributed by atoms with E-state index in [1.165, 1.54) is 11.3 Å². The van der Waals surface area contributed by atoms with Crippen LogP contribution in [0.3, 0.4) is 0 Å². The Labute approximate surface area is 130 Å². The van der Waals surface area contributed by atoms with Crippen LogP contribution in [0, 0.1) is 0 Å². The van der Waals surface area contributed by atoms with Crippen LogP contribution < -0.4 is 10.2 Å². The smallest absolute Gasteiger partial charge is 0.235 e. The molecule has 2 aromatic heterocycles. The van der Waals surface area contributed by atoms with E-state index in [0.29, 0.717) is 21.8 Å². The maximum atomic E-state index is 12.6. The Hall–Kier alpha value is -2.04. The van der Waals surface area contributed by atoms with E-state index in [9.17, 15) is 4.79 Å². The highest BCUT2D eigenvalue weighted by Gasteiger charge is 2.17. The quantitative estimate of drug-likeness (QED) is 0.652.